The van der Waals surface area contributed by atoms with Crippen molar-refractivity contribution in [2.45, 2.75) is 71.4 Å². The topological polar surface area (TPSA) is 26.3 Å². The Hall–Kier alpha value is -1.97. The summed E-state index contributed by atoms with van der Waals surface area (Å²) < 4.78 is 7.16. The third kappa shape index (κ3) is 4.84. The Balaban J connectivity index is 1.87. The number of carbonyl (C=O) groups excluding carboxylic acids is 1. The van der Waals surface area contributed by atoms with Crippen molar-refractivity contribution >= 4 is 24.5 Å². The van der Waals surface area contributed by atoms with E-state index in [1.165, 1.54) is 15.9 Å². The van der Waals surface area contributed by atoms with Gasteiger partial charge in [-0.25, -0.2) is 0 Å². The number of rotatable bonds is 8. The highest BCUT2D eigenvalue weighted by Gasteiger charge is 2.50. The van der Waals surface area contributed by atoms with Gasteiger partial charge < -0.3 is 4.43 Å². The van der Waals surface area contributed by atoms with Gasteiger partial charge in [-0.2, -0.15) is 0 Å². The van der Waals surface area contributed by atoms with E-state index >= 15 is 0 Å². The Kier molecular flexibility index (Phi) is 7.15. The van der Waals surface area contributed by atoms with E-state index in [0.717, 1.165) is 19.3 Å². The second-order valence-corrected chi connectivity index (χ2v) is 14.0. The van der Waals surface area contributed by atoms with Gasteiger partial charge in [-0.15, -0.1) is 0 Å². The molecule has 0 saturated heterocycles. The van der Waals surface area contributed by atoms with Gasteiger partial charge in [-0.1, -0.05) is 93.9 Å². The molecule has 2 atom stereocenters. The minimum absolute atomic E-state index is 0.00399. The molecule has 3 rings (SSSR count). The number of ketones is 1. The summed E-state index contributed by atoms with van der Waals surface area (Å²) in [5.74, 6) is 0.732. The molecule has 0 heterocycles. The average Bonchev–Trinajstić information content (AvgIpc) is 3.17. The van der Waals surface area contributed by atoms with Gasteiger partial charge in [0.1, 0.15) is 0 Å². The second-order valence-electron chi connectivity index (χ2n) is 9.76. The largest absolute Gasteiger partial charge is 0.405 e. The predicted octanol–water partition coefficient (Wildman–Crippen LogP) is 5.66. The Bertz CT molecular complexity index is 825. The van der Waals surface area contributed by atoms with Crippen LogP contribution in [0.1, 0.15) is 60.3 Å². The fourth-order valence-corrected chi connectivity index (χ4v) is 9.47. The smallest absolute Gasteiger partial charge is 0.261 e. The average molecular weight is 421 g/mol. The molecule has 0 spiro atoms. The maximum absolute atomic E-state index is 11.6. The van der Waals surface area contributed by atoms with Crippen LogP contribution in [0.25, 0.3) is 0 Å². The van der Waals surface area contributed by atoms with Crippen LogP contribution >= 0.6 is 0 Å². The first kappa shape index (κ1) is 22.7. The van der Waals surface area contributed by atoms with Crippen LogP contribution in [0.3, 0.4) is 0 Å². The molecule has 0 aliphatic heterocycles. The highest BCUT2D eigenvalue weighted by molar-refractivity contribution is 6.99. The van der Waals surface area contributed by atoms with Crippen LogP contribution in [0.2, 0.25) is 5.04 Å². The summed E-state index contributed by atoms with van der Waals surface area (Å²) in [6.45, 7) is 11.4. The molecule has 0 fully saturated rings. The standard InChI is InChI=1S/C27H36O2Si/c1-21(23-18-19-24(28)20-23)16-17-22(2)29-30(27(3,4)5,25-12-8-6-9-13-25)26-14-10-7-11-15-26/h6-15,20-22H,16-19H2,1-5H3/t21-,22+/m0/s1. The maximum Gasteiger partial charge on any atom is 0.261 e. The van der Waals surface area contributed by atoms with Crippen molar-refractivity contribution < 1.29 is 9.22 Å². The molecule has 0 saturated carbocycles. The molecule has 1 aliphatic rings. The number of carbonyl (C=O) groups is 1. The monoisotopic (exact) mass is 420 g/mol. The molecular formula is C27H36O2Si. The van der Waals surface area contributed by atoms with E-state index in [9.17, 15) is 4.79 Å². The Morgan fingerprint density at radius 3 is 1.83 bits per heavy atom. The third-order valence-electron chi connectivity index (χ3n) is 6.44. The van der Waals surface area contributed by atoms with Crippen LogP contribution in [0.15, 0.2) is 72.3 Å². The van der Waals surface area contributed by atoms with Crippen molar-refractivity contribution in [2.24, 2.45) is 5.92 Å². The van der Waals surface area contributed by atoms with E-state index in [0.29, 0.717) is 12.3 Å². The van der Waals surface area contributed by atoms with Crippen molar-refractivity contribution in [3.05, 3.63) is 72.3 Å². The van der Waals surface area contributed by atoms with Crippen molar-refractivity contribution in [1.29, 1.82) is 0 Å². The summed E-state index contributed by atoms with van der Waals surface area (Å²) in [6, 6.07) is 21.7. The van der Waals surface area contributed by atoms with Crippen molar-refractivity contribution in [1.82, 2.24) is 0 Å². The molecule has 0 N–H and O–H groups in total. The SMILES string of the molecule is C[C@H](CC[C@H](C)C1=CC(=O)CC1)O[Si](c1ccccc1)(c1ccccc1)C(C)(C)C. The van der Waals surface area contributed by atoms with Crippen molar-refractivity contribution in [3.8, 4) is 0 Å². The number of allylic oxidation sites excluding steroid dienone is 2. The Morgan fingerprint density at radius 2 is 1.40 bits per heavy atom. The molecule has 30 heavy (non-hydrogen) atoms. The Morgan fingerprint density at radius 1 is 0.867 bits per heavy atom. The van der Waals surface area contributed by atoms with E-state index in [-0.39, 0.29) is 16.9 Å². The number of benzene rings is 2. The van der Waals surface area contributed by atoms with Gasteiger partial charge in [0.05, 0.1) is 0 Å². The first-order valence-electron chi connectivity index (χ1n) is 11.3. The van der Waals surface area contributed by atoms with E-state index < -0.39 is 8.32 Å². The third-order valence-corrected chi connectivity index (χ3v) is 11.6. The van der Waals surface area contributed by atoms with E-state index in [2.05, 4.69) is 95.3 Å². The van der Waals surface area contributed by atoms with E-state index in [4.69, 9.17) is 4.43 Å². The van der Waals surface area contributed by atoms with Crippen LogP contribution in [0.4, 0.5) is 0 Å². The van der Waals surface area contributed by atoms with Crippen LogP contribution in [-0.2, 0) is 9.22 Å². The van der Waals surface area contributed by atoms with Gasteiger partial charge in [0, 0.05) is 12.5 Å². The van der Waals surface area contributed by atoms with Crippen molar-refractivity contribution in [3.63, 3.8) is 0 Å². The van der Waals surface area contributed by atoms with Gasteiger partial charge in [0.2, 0.25) is 0 Å². The molecule has 2 aromatic rings. The lowest BCUT2D eigenvalue weighted by molar-refractivity contribution is -0.114. The molecular weight excluding hydrogens is 384 g/mol. The van der Waals surface area contributed by atoms with Gasteiger partial charge in [-0.05, 0) is 53.6 Å². The Labute approximate surface area is 183 Å². The van der Waals surface area contributed by atoms with Crippen LogP contribution in [0, 0.1) is 5.92 Å². The molecule has 2 nitrogen and oxygen atoms in total. The zero-order valence-electron chi connectivity index (χ0n) is 19.2. The minimum Gasteiger partial charge on any atom is -0.405 e. The molecule has 0 aromatic heterocycles. The number of hydrogen-bond donors (Lipinski definition) is 0. The molecule has 2 aromatic carbocycles. The zero-order valence-corrected chi connectivity index (χ0v) is 20.2. The lowest BCUT2D eigenvalue weighted by atomic mass is 9.94. The fraction of sp³-hybridized carbons (Fsp3) is 0.444. The molecule has 0 radical (unpaired) electrons. The number of hydrogen-bond acceptors (Lipinski definition) is 2. The van der Waals surface area contributed by atoms with Gasteiger partial charge in [0.15, 0.2) is 5.78 Å². The van der Waals surface area contributed by atoms with Gasteiger partial charge >= 0.3 is 0 Å². The zero-order chi connectivity index (χ0) is 21.8. The molecule has 0 unspecified atom stereocenters. The second kappa shape index (κ2) is 9.45. The van der Waals surface area contributed by atoms with Crippen LogP contribution in [-0.4, -0.2) is 20.2 Å². The summed E-state index contributed by atoms with van der Waals surface area (Å²) in [5, 5.41) is 2.65. The lowest BCUT2D eigenvalue weighted by Crippen LogP contribution is -2.67. The first-order valence-corrected chi connectivity index (χ1v) is 13.2. The molecule has 3 heteroatoms. The molecule has 160 valence electrons. The quantitative estimate of drug-likeness (QED) is 0.515. The summed E-state index contributed by atoms with van der Waals surface area (Å²) in [5.41, 5.74) is 1.32. The van der Waals surface area contributed by atoms with E-state index in [1.54, 1.807) is 0 Å². The minimum atomic E-state index is -2.50. The highest BCUT2D eigenvalue weighted by Crippen LogP contribution is 2.38. The summed E-state index contributed by atoms with van der Waals surface area (Å²) >= 11 is 0. The van der Waals surface area contributed by atoms with Gasteiger partial charge in [-0.3, -0.25) is 4.79 Å². The first-order chi connectivity index (χ1) is 14.2. The highest BCUT2D eigenvalue weighted by atomic mass is 28.4. The summed E-state index contributed by atoms with van der Waals surface area (Å²) in [7, 11) is -2.50. The maximum atomic E-state index is 11.6. The summed E-state index contributed by atoms with van der Waals surface area (Å²) in [4.78, 5) is 11.6. The summed E-state index contributed by atoms with van der Waals surface area (Å²) in [6.07, 6.45) is 5.70. The van der Waals surface area contributed by atoms with Gasteiger partial charge in [0.25, 0.3) is 8.32 Å². The molecule has 0 bridgehead atoms. The predicted molar refractivity (Wildman–Crippen MR) is 129 cm³/mol. The lowest BCUT2D eigenvalue weighted by Gasteiger charge is -2.44. The fourth-order valence-electron chi connectivity index (χ4n) is 4.73. The molecule has 0 amide bonds. The van der Waals surface area contributed by atoms with Crippen LogP contribution in [0.5, 0.6) is 0 Å². The molecule has 1 aliphatic carbocycles. The van der Waals surface area contributed by atoms with E-state index in [1.807, 2.05) is 6.08 Å². The van der Waals surface area contributed by atoms with Crippen molar-refractivity contribution in [2.75, 3.05) is 0 Å². The normalized spacial score (nSPS) is 17.0. The van der Waals surface area contributed by atoms with Crippen LogP contribution < -0.4 is 10.4 Å².